The smallest absolute Gasteiger partial charge is 0.152 e. The first-order valence-corrected chi connectivity index (χ1v) is 7.04. The molecule has 17 heavy (non-hydrogen) atoms. The normalized spacial score (nSPS) is 27.2. The number of hydrogen-bond acceptors (Lipinski definition) is 3. The van der Waals surface area contributed by atoms with Crippen LogP contribution in [0.25, 0.3) is 0 Å². The lowest BCUT2D eigenvalue weighted by molar-refractivity contribution is 0.472. The number of halogens is 2. The van der Waals surface area contributed by atoms with Crippen molar-refractivity contribution in [3.05, 3.63) is 35.4 Å². The summed E-state index contributed by atoms with van der Waals surface area (Å²) in [6.07, 6.45) is 0.494. The molecule has 0 bridgehead atoms. The molecule has 94 valence electrons. The van der Waals surface area contributed by atoms with Crippen molar-refractivity contribution < 1.29 is 17.2 Å². The molecule has 0 spiro atoms. The molecule has 0 saturated carbocycles. The van der Waals surface area contributed by atoms with Crippen molar-refractivity contribution in [1.29, 1.82) is 0 Å². The highest BCUT2D eigenvalue weighted by atomic mass is 32.2. The summed E-state index contributed by atoms with van der Waals surface area (Å²) in [4.78, 5) is 0. The van der Waals surface area contributed by atoms with Gasteiger partial charge >= 0.3 is 0 Å². The van der Waals surface area contributed by atoms with Gasteiger partial charge in [0, 0.05) is 11.6 Å². The molecule has 0 aromatic heterocycles. The molecule has 1 atom stereocenters. The Morgan fingerprint density at radius 3 is 2.29 bits per heavy atom. The zero-order valence-corrected chi connectivity index (χ0v) is 9.93. The van der Waals surface area contributed by atoms with Crippen LogP contribution in [-0.4, -0.2) is 25.5 Å². The van der Waals surface area contributed by atoms with Crippen LogP contribution < -0.4 is 5.73 Å². The topological polar surface area (TPSA) is 60.2 Å². The molecular weight excluding hydrogens is 248 g/mol. The first kappa shape index (κ1) is 12.4. The van der Waals surface area contributed by atoms with Gasteiger partial charge in [-0.3, -0.25) is 0 Å². The summed E-state index contributed by atoms with van der Waals surface area (Å²) in [6.45, 7) is 0. The maximum Gasteiger partial charge on any atom is 0.152 e. The second-order valence-corrected chi connectivity index (χ2v) is 6.84. The fourth-order valence-corrected chi connectivity index (χ4v) is 4.18. The van der Waals surface area contributed by atoms with E-state index in [0.29, 0.717) is 12.0 Å². The first-order chi connectivity index (χ1) is 7.78. The predicted molar refractivity (Wildman–Crippen MR) is 60.3 cm³/mol. The minimum Gasteiger partial charge on any atom is -0.324 e. The Hall–Kier alpha value is -1.01. The molecule has 1 heterocycles. The van der Waals surface area contributed by atoms with E-state index in [-0.39, 0.29) is 17.9 Å². The molecule has 1 fully saturated rings. The average molecular weight is 261 g/mol. The number of benzene rings is 1. The van der Waals surface area contributed by atoms with Crippen molar-refractivity contribution >= 4 is 9.84 Å². The van der Waals surface area contributed by atoms with Crippen LogP contribution in [0.3, 0.4) is 0 Å². The maximum atomic E-state index is 13.0. The number of rotatable bonds is 2. The molecule has 1 aliphatic rings. The molecular formula is C11H13F2NO2S. The average Bonchev–Trinajstić information content (AvgIpc) is 2.37. The highest BCUT2D eigenvalue weighted by Crippen LogP contribution is 2.25. The van der Waals surface area contributed by atoms with Crippen molar-refractivity contribution in [2.45, 2.75) is 18.4 Å². The quantitative estimate of drug-likeness (QED) is 0.864. The highest BCUT2D eigenvalue weighted by Gasteiger charge is 2.39. The summed E-state index contributed by atoms with van der Waals surface area (Å²) in [7, 11) is -3.11. The summed E-state index contributed by atoms with van der Waals surface area (Å²) < 4.78 is 48.6. The van der Waals surface area contributed by atoms with E-state index < -0.39 is 27.0 Å². The zero-order valence-electron chi connectivity index (χ0n) is 9.12. The minimum absolute atomic E-state index is 0.0430. The third-order valence-corrected chi connectivity index (χ3v) is 4.74. The van der Waals surface area contributed by atoms with Crippen LogP contribution in [0, 0.1) is 11.6 Å². The molecule has 1 saturated heterocycles. The third-order valence-electron chi connectivity index (χ3n) is 2.90. The second kappa shape index (κ2) is 4.03. The SMILES string of the molecule is NC1(Cc2cc(F)cc(F)c2)CCS(=O)(=O)C1. The summed E-state index contributed by atoms with van der Waals surface area (Å²) in [5.74, 6) is -1.44. The standard InChI is InChI=1S/C11H13F2NO2S/c12-9-3-8(4-10(13)5-9)6-11(14)1-2-17(15,16)7-11/h3-5H,1-2,6-7,14H2. The van der Waals surface area contributed by atoms with Crippen LogP contribution in [0.15, 0.2) is 18.2 Å². The lowest BCUT2D eigenvalue weighted by Gasteiger charge is -2.21. The van der Waals surface area contributed by atoms with Gasteiger partial charge < -0.3 is 5.73 Å². The zero-order chi connectivity index (χ0) is 12.7. The van der Waals surface area contributed by atoms with Crippen molar-refractivity contribution in [2.24, 2.45) is 5.73 Å². The Labute approximate surface area is 98.5 Å². The largest absolute Gasteiger partial charge is 0.324 e. The minimum atomic E-state index is -3.11. The maximum absolute atomic E-state index is 13.0. The number of hydrogen-bond donors (Lipinski definition) is 1. The fourth-order valence-electron chi connectivity index (χ4n) is 2.20. The molecule has 6 heteroatoms. The van der Waals surface area contributed by atoms with E-state index in [1.165, 1.54) is 12.1 Å². The van der Waals surface area contributed by atoms with Gasteiger partial charge in [-0.2, -0.15) is 0 Å². The summed E-state index contributed by atoms with van der Waals surface area (Å²) in [6, 6.07) is 3.14. The van der Waals surface area contributed by atoms with E-state index in [0.717, 1.165) is 6.07 Å². The molecule has 0 amide bonds. The van der Waals surface area contributed by atoms with Crippen LogP contribution >= 0.6 is 0 Å². The van der Waals surface area contributed by atoms with E-state index in [1.54, 1.807) is 0 Å². The third kappa shape index (κ3) is 3.01. The van der Waals surface area contributed by atoms with Gasteiger partial charge in [0.25, 0.3) is 0 Å². The molecule has 0 aliphatic carbocycles. The molecule has 2 rings (SSSR count). The molecule has 1 aromatic carbocycles. The van der Waals surface area contributed by atoms with Gasteiger partial charge in [-0.1, -0.05) is 0 Å². The Kier molecular flexibility index (Phi) is 2.95. The fraction of sp³-hybridized carbons (Fsp3) is 0.455. The Balaban J connectivity index is 2.21. The molecule has 2 N–H and O–H groups in total. The Morgan fingerprint density at radius 1 is 1.24 bits per heavy atom. The molecule has 1 unspecified atom stereocenters. The lowest BCUT2D eigenvalue weighted by atomic mass is 9.91. The van der Waals surface area contributed by atoms with E-state index >= 15 is 0 Å². The van der Waals surface area contributed by atoms with Crippen molar-refractivity contribution in [3.8, 4) is 0 Å². The van der Waals surface area contributed by atoms with Gasteiger partial charge in [0.1, 0.15) is 11.6 Å². The first-order valence-electron chi connectivity index (χ1n) is 5.22. The lowest BCUT2D eigenvalue weighted by Crippen LogP contribution is -2.43. The monoisotopic (exact) mass is 261 g/mol. The summed E-state index contributed by atoms with van der Waals surface area (Å²) >= 11 is 0. The number of sulfone groups is 1. The molecule has 3 nitrogen and oxygen atoms in total. The molecule has 0 radical (unpaired) electrons. The van der Waals surface area contributed by atoms with Crippen LogP contribution in [0.2, 0.25) is 0 Å². The van der Waals surface area contributed by atoms with Gasteiger partial charge in [0.05, 0.1) is 11.5 Å². The van der Waals surface area contributed by atoms with Crippen molar-refractivity contribution in [1.82, 2.24) is 0 Å². The Bertz CT molecular complexity index is 524. The van der Waals surface area contributed by atoms with Crippen LogP contribution in [-0.2, 0) is 16.3 Å². The molecule has 1 aromatic rings. The van der Waals surface area contributed by atoms with Gasteiger partial charge in [0.15, 0.2) is 9.84 Å². The predicted octanol–water partition coefficient (Wildman–Crippen LogP) is 1.02. The van der Waals surface area contributed by atoms with Crippen molar-refractivity contribution in [2.75, 3.05) is 11.5 Å². The van der Waals surface area contributed by atoms with E-state index in [2.05, 4.69) is 0 Å². The highest BCUT2D eigenvalue weighted by molar-refractivity contribution is 7.91. The second-order valence-electron chi connectivity index (χ2n) is 4.66. The van der Waals surface area contributed by atoms with Gasteiger partial charge in [0.2, 0.25) is 0 Å². The van der Waals surface area contributed by atoms with Gasteiger partial charge in [-0.25, -0.2) is 17.2 Å². The summed E-state index contributed by atoms with van der Waals surface area (Å²) in [5, 5.41) is 0. The Morgan fingerprint density at radius 2 is 1.82 bits per heavy atom. The van der Waals surface area contributed by atoms with Crippen molar-refractivity contribution in [3.63, 3.8) is 0 Å². The molecule has 1 aliphatic heterocycles. The van der Waals surface area contributed by atoms with Crippen LogP contribution in [0.1, 0.15) is 12.0 Å². The van der Waals surface area contributed by atoms with Crippen LogP contribution in [0.5, 0.6) is 0 Å². The number of nitrogens with two attached hydrogens (primary N) is 1. The van der Waals surface area contributed by atoms with Crippen LogP contribution in [0.4, 0.5) is 8.78 Å². The summed E-state index contributed by atoms with van der Waals surface area (Å²) in [5.41, 5.74) is 5.43. The van der Waals surface area contributed by atoms with E-state index in [9.17, 15) is 17.2 Å². The van der Waals surface area contributed by atoms with Gasteiger partial charge in [-0.05, 0) is 30.5 Å². The van der Waals surface area contributed by atoms with E-state index in [4.69, 9.17) is 5.73 Å². The van der Waals surface area contributed by atoms with Gasteiger partial charge in [-0.15, -0.1) is 0 Å². The van der Waals surface area contributed by atoms with E-state index in [1.807, 2.05) is 0 Å².